The minimum absolute atomic E-state index is 0.352. The average Bonchev–Trinajstić information content (AvgIpc) is 2.67. The monoisotopic (exact) mass is 418 g/mol. The van der Waals surface area contributed by atoms with Crippen molar-refractivity contribution in [3.8, 4) is 0 Å². The summed E-state index contributed by atoms with van der Waals surface area (Å²) in [7, 11) is 0. The Morgan fingerprint density at radius 2 is 1.47 bits per heavy atom. The predicted octanol–water partition coefficient (Wildman–Crippen LogP) is 5.31. The van der Waals surface area contributed by atoms with E-state index in [9.17, 15) is 32.5 Å². The maximum Gasteiger partial charge on any atom is 0.292 e. The largest absolute Gasteiger partial charge is 0.297 e. The molecule has 3 rings (SSSR count). The summed E-state index contributed by atoms with van der Waals surface area (Å²) in [6.07, 6.45) is 0. The Labute approximate surface area is 168 Å². The Balaban J connectivity index is 2.24. The Bertz CT molecular complexity index is 1110. The first-order chi connectivity index (χ1) is 14.2. The van der Waals surface area contributed by atoms with Crippen LogP contribution in [-0.4, -0.2) is 10.8 Å². The van der Waals surface area contributed by atoms with Crippen LogP contribution in [0.15, 0.2) is 54.6 Å². The SMILES string of the molecule is Cc1ccc([N+](=O)[O-])c(N(Cc2c(F)cccc2F)C(=O)c2c(F)cccc2F)c1. The van der Waals surface area contributed by atoms with Gasteiger partial charge in [0.1, 0.15) is 34.5 Å². The van der Waals surface area contributed by atoms with Crippen LogP contribution in [0, 0.1) is 40.3 Å². The minimum atomic E-state index is -1.32. The number of hydrogen-bond donors (Lipinski definition) is 0. The van der Waals surface area contributed by atoms with Gasteiger partial charge in [-0.2, -0.15) is 0 Å². The lowest BCUT2D eigenvalue weighted by Gasteiger charge is -2.24. The van der Waals surface area contributed by atoms with Gasteiger partial charge in [-0.25, -0.2) is 17.6 Å². The molecule has 0 N–H and O–H groups in total. The van der Waals surface area contributed by atoms with E-state index in [2.05, 4.69) is 0 Å². The zero-order chi connectivity index (χ0) is 22.0. The topological polar surface area (TPSA) is 63.5 Å². The summed E-state index contributed by atoms with van der Waals surface area (Å²) in [6.45, 7) is 0.749. The van der Waals surface area contributed by atoms with Crippen molar-refractivity contribution in [1.82, 2.24) is 0 Å². The summed E-state index contributed by atoms with van der Waals surface area (Å²) >= 11 is 0. The zero-order valence-corrected chi connectivity index (χ0v) is 15.5. The standard InChI is InChI=1S/C21H14F4N2O3/c1-12-8-9-18(27(29)30)19(10-12)26(11-13-14(22)4-2-5-15(13)23)21(28)20-16(24)6-3-7-17(20)25/h2-10H,11H2,1H3. The first-order valence-electron chi connectivity index (χ1n) is 8.64. The third-order valence-electron chi connectivity index (χ3n) is 4.42. The van der Waals surface area contributed by atoms with Crippen molar-refractivity contribution in [1.29, 1.82) is 0 Å². The molecule has 0 aromatic heterocycles. The molecule has 5 nitrogen and oxygen atoms in total. The van der Waals surface area contributed by atoms with Crippen LogP contribution in [-0.2, 0) is 6.54 Å². The van der Waals surface area contributed by atoms with Gasteiger partial charge in [0.25, 0.3) is 11.6 Å². The van der Waals surface area contributed by atoms with E-state index >= 15 is 0 Å². The third kappa shape index (κ3) is 4.00. The molecule has 9 heteroatoms. The molecule has 0 bridgehead atoms. The van der Waals surface area contributed by atoms with Crippen LogP contribution in [0.25, 0.3) is 0 Å². The lowest BCUT2D eigenvalue weighted by molar-refractivity contribution is -0.384. The first kappa shape index (κ1) is 21.0. The number of rotatable bonds is 5. The van der Waals surface area contributed by atoms with E-state index in [1.807, 2.05) is 0 Å². The van der Waals surface area contributed by atoms with Crippen LogP contribution < -0.4 is 4.90 Å². The van der Waals surface area contributed by atoms with Crippen molar-refractivity contribution in [3.63, 3.8) is 0 Å². The molecule has 0 fully saturated rings. The van der Waals surface area contributed by atoms with Gasteiger partial charge in [0, 0.05) is 11.6 Å². The summed E-state index contributed by atoms with van der Waals surface area (Å²) in [5.41, 5.74) is -2.02. The maximum atomic E-state index is 14.2. The molecule has 0 unspecified atom stereocenters. The lowest BCUT2D eigenvalue weighted by Crippen LogP contribution is -2.33. The highest BCUT2D eigenvalue weighted by atomic mass is 19.1. The van der Waals surface area contributed by atoms with Gasteiger partial charge in [0.05, 0.1) is 11.5 Å². The Kier molecular flexibility index (Phi) is 5.81. The van der Waals surface area contributed by atoms with Crippen molar-refractivity contribution in [2.24, 2.45) is 0 Å². The van der Waals surface area contributed by atoms with Crippen LogP contribution in [0.2, 0.25) is 0 Å². The van der Waals surface area contributed by atoms with Crippen LogP contribution in [0.1, 0.15) is 21.5 Å². The van der Waals surface area contributed by atoms with Gasteiger partial charge in [-0.05, 0) is 42.8 Å². The van der Waals surface area contributed by atoms with E-state index in [1.165, 1.54) is 12.1 Å². The fourth-order valence-electron chi connectivity index (χ4n) is 2.95. The Morgan fingerprint density at radius 3 is 2.00 bits per heavy atom. The highest BCUT2D eigenvalue weighted by molar-refractivity contribution is 6.07. The number of anilines is 1. The van der Waals surface area contributed by atoms with Gasteiger partial charge in [0.15, 0.2) is 0 Å². The van der Waals surface area contributed by atoms with E-state index in [0.29, 0.717) is 10.5 Å². The number of benzene rings is 3. The summed E-state index contributed by atoms with van der Waals surface area (Å²) in [5, 5.41) is 11.5. The fraction of sp³-hybridized carbons (Fsp3) is 0.0952. The highest BCUT2D eigenvalue weighted by Gasteiger charge is 2.30. The number of nitro groups is 1. The molecule has 1 amide bonds. The third-order valence-corrected chi connectivity index (χ3v) is 4.42. The molecule has 30 heavy (non-hydrogen) atoms. The van der Waals surface area contributed by atoms with E-state index in [0.717, 1.165) is 42.5 Å². The Hall–Kier alpha value is -3.75. The number of aryl methyl sites for hydroxylation is 1. The van der Waals surface area contributed by atoms with Gasteiger partial charge in [0.2, 0.25) is 0 Å². The molecular weight excluding hydrogens is 404 g/mol. The van der Waals surface area contributed by atoms with Crippen molar-refractivity contribution in [3.05, 3.63) is 105 Å². The molecule has 154 valence electrons. The summed E-state index contributed by atoms with van der Waals surface area (Å²) in [6, 6.07) is 9.42. The average molecular weight is 418 g/mol. The van der Waals surface area contributed by atoms with E-state index in [4.69, 9.17) is 0 Å². The highest BCUT2D eigenvalue weighted by Crippen LogP contribution is 2.33. The second kappa shape index (κ2) is 8.32. The fourth-order valence-corrected chi connectivity index (χ4v) is 2.95. The number of hydrogen-bond acceptors (Lipinski definition) is 3. The van der Waals surface area contributed by atoms with Crippen LogP contribution >= 0.6 is 0 Å². The van der Waals surface area contributed by atoms with Gasteiger partial charge < -0.3 is 0 Å². The molecule has 0 saturated carbocycles. The summed E-state index contributed by atoms with van der Waals surface area (Å²) in [4.78, 5) is 24.4. The molecule has 0 spiro atoms. The molecule has 3 aromatic carbocycles. The molecule has 0 heterocycles. The number of amides is 1. The van der Waals surface area contributed by atoms with Gasteiger partial charge >= 0.3 is 0 Å². The molecule has 0 aliphatic carbocycles. The smallest absolute Gasteiger partial charge is 0.292 e. The van der Waals surface area contributed by atoms with Gasteiger partial charge in [-0.15, -0.1) is 0 Å². The molecule has 0 radical (unpaired) electrons. The van der Waals surface area contributed by atoms with Crippen molar-refractivity contribution >= 4 is 17.3 Å². The second-order valence-electron chi connectivity index (χ2n) is 6.44. The molecule has 0 saturated heterocycles. The van der Waals surface area contributed by atoms with Crippen molar-refractivity contribution in [2.75, 3.05) is 4.90 Å². The number of carbonyl (C=O) groups excluding carboxylic acids is 1. The molecule has 3 aromatic rings. The van der Waals surface area contributed by atoms with E-state index in [1.54, 1.807) is 6.92 Å². The van der Waals surface area contributed by atoms with Crippen LogP contribution in [0.4, 0.5) is 28.9 Å². The van der Waals surface area contributed by atoms with E-state index < -0.39 is 57.5 Å². The normalized spacial score (nSPS) is 10.7. The number of nitrogens with zero attached hydrogens (tertiary/aromatic N) is 2. The summed E-state index contributed by atoms with van der Waals surface area (Å²) in [5.74, 6) is -5.78. The van der Waals surface area contributed by atoms with Crippen LogP contribution in [0.3, 0.4) is 0 Å². The first-order valence-corrected chi connectivity index (χ1v) is 8.64. The summed E-state index contributed by atoms with van der Waals surface area (Å²) < 4.78 is 56.9. The van der Waals surface area contributed by atoms with Gasteiger partial charge in [-0.1, -0.05) is 18.2 Å². The van der Waals surface area contributed by atoms with E-state index in [-0.39, 0.29) is 5.69 Å². The molecular formula is C21H14F4N2O3. The quantitative estimate of drug-likeness (QED) is 0.321. The van der Waals surface area contributed by atoms with Crippen LogP contribution in [0.5, 0.6) is 0 Å². The number of carbonyl (C=O) groups is 1. The minimum Gasteiger partial charge on any atom is -0.297 e. The van der Waals surface area contributed by atoms with Gasteiger partial charge in [-0.3, -0.25) is 19.8 Å². The van der Waals surface area contributed by atoms with Crippen molar-refractivity contribution < 1.29 is 27.3 Å². The number of nitro benzene ring substituents is 1. The second-order valence-corrected chi connectivity index (χ2v) is 6.44. The Morgan fingerprint density at radius 1 is 0.933 bits per heavy atom. The molecule has 0 aliphatic heterocycles. The predicted molar refractivity (Wildman–Crippen MR) is 101 cm³/mol. The maximum absolute atomic E-state index is 14.2. The van der Waals surface area contributed by atoms with Crippen molar-refractivity contribution in [2.45, 2.75) is 13.5 Å². The zero-order valence-electron chi connectivity index (χ0n) is 15.5. The molecule has 0 atom stereocenters. The molecule has 0 aliphatic rings. The lowest BCUT2D eigenvalue weighted by atomic mass is 10.1. The number of halogens is 4.